The van der Waals surface area contributed by atoms with Crippen molar-refractivity contribution in [2.75, 3.05) is 0 Å². The molecular weight excluding hydrogens is 205 g/mol. The highest BCUT2D eigenvalue weighted by Crippen LogP contribution is 2.13. The smallest absolute Gasteiger partial charge is 0.123 e. The Morgan fingerprint density at radius 1 is 1.44 bits per heavy atom. The molecule has 0 radical (unpaired) electrons. The third-order valence-corrected chi connectivity index (χ3v) is 3.09. The summed E-state index contributed by atoms with van der Waals surface area (Å²) in [5, 5.41) is 12.8. The van der Waals surface area contributed by atoms with E-state index in [-0.39, 0.29) is 11.4 Å². The van der Waals surface area contributed by atoms with Gasteiger partial charge < -0.3 is 10.4 Å². The van der Waals surface area contributed by atoms with Crippen LogP contribution in [0.4, 0.5) is 4.39 Å². The molecule has 0 spiro atoms. The number of rotatable bonds is 4. The summed E-state index contributed by atoms with van der Waals surface area (Å²) >= 11 is 0. The molecule has 1 rings (SSSR count). The molecule has 0 aliphatic carbocycles. The Morgan fingerprint density at radius 3 is 2.62 bits per heavy atom. The maximum absolute atomic E-state index is 13.0. The fraction of sp³-hybridized carbons (Fsp3) is 0.538. The summed E-state index contributed by atoms with van der Waals surface area (Å²) in [6, 6.07) is 4.75. The van der Waals surface area contributed by atoms with Gasteiger partial charge in [0, 0.05) is 12.1 Å². The Balaban J connectivity index is 2.71. The molecule has 0 aliphatic rings. The predicted octanol–water partition coefficient (Wildman–Crippen LogP) is 2.38. The van der Waals surface area contributed by atoms with Crippen molar-refractivity contribution < 1.29 is 9.50 Å². The van der Waals surface area contributed by atoms with Gasteiger partial charge in [-0.25, -0.2) is 4.39 Å². The van der Waals surface area contributed by atoms with Gasteiger partial charge in [0.15, 0.2) is 0 Å². The highest BCUT2D eigenvalue weighted by atomic mass is 19.1. The molecule has 90 valence electrons. The van der Waals surface area contributed by atoms with E-state index in [1.807, 2.05) is 20.8 Å². The van der Waals surface area contributed by atoms with E-state index in [1.165, 1.54) is 12.1 Å². The molecular formula is C13H20FNO. The van der Waals surface area contributed by atoms with E-state index in [2.05, 4.69) is 5.32 Å². The van der Waals surface area contributed by atoms with Crippen molar-refractivity contribution in [3.63, 3.8) is 0 Å². The molecule has 0 fully saturated rings. The van der Waals surface area contributed by atoms with Crippen LogP contribution in [0.3, 0.4) is 0 Å². The van der Waals surface area contributed by atoms with E-state index in [0.29, 0.717) is 6.54 Å². The molecule has 2 N–H and O–H groups in total. The van der Waals surface area contributed by atoms with E-state index < -0.39 is 6.10 Å². The van der Waals surface area contributed by atoms with Gasteiger partial charge in [0.05, 0.1) is 6.10 Å². The summed E-state index contributed by atoms with van der Waals surface area (Å²) < 4.78 is 13.0. The molecule has 1 aromatic rings. The molecule has 0 heterocycles. The first-order chi connectivity index (χ1) is 7.33. The molecule has 0 bridgehead atoms. The van der Waals surface area contributed by atoms with Gasteiger partial charge in [0.1, 0.15) is 5.82 Å². The first-order valence-electron chi connectivity index (χ1n) is 5.51. The van der Waals surface area contributed by atoms with E-state index in [4.69, 9.17) is 0 Å². The fourth-order valence-corrected chi connectivity index (χ4v) is 1.30. The zero-order chi connectivity index (χ0) is 12.3. The lowest BCUT2D eigenvalue weighted by Gasteiger charge is -2.29. The molecule has 1 aromatic carbocycles. The van der Waals surface area contributed by atoms with Crippen molar-refractivity contribution in [2.24, 2.45) is 0 Å². The van der Waals surface area contributed by atoms with Crippen LogP contribution >= 0.6 is 0 Å². The topological polar surface area (TPSA) is 32.3 Å². The third kappa shape index (κ3) is 3.29. The van der Waals surface area contributed by atoms with Crippen molar-refractivity contribution in [3.8, 4) is 0 Å². The molecule has 3 heteroatoms. The lowest BCUT2D eigenvalue weighted by Crippen LogP contribution is -2.47. The zero-order valence-electron chi connectivity index (χ0n) is 10.3. The standard InChI is InChI=1S/C13H20FNO/c1-9-5-6-12(14)7-11(9)8-15-13(3,4)10(2)16/h5-7,10,15-16H,8H2,1-4H3. The summed E-state index contributed by atoms with van der Waals surface area (Å²) in [5.41, 5.74) is 1.60. The quantitative estimate of drug-likeness (QED) is 0.824. The Morgan fingerprint density at radius 2 is 2.06 bits per heavy atom. The largest absolute Gasteiger partial charge is 0.392 e. The molecule has 0 aromatic heterocycles. The Bertz CT molecular complexity index is 361. The number of benzene rings is 1. The minimum Gasteiger partial charge on any atom is -0.392 e. The van der Waals surface area contributed by atoms with Crippen LogP contribution in [-0.4, -0.2) is 16.7 Å². The maximum Gasteiger partial charge on any atom is 0.123 e. The zero-order valence-corrected chi connectivity index (χ0v) is 10.3. The number of hydrogen-bond donors (Lipinski definition) is 2. The van der Waals surface area contributed by atoms with Gasteiger partial charge in [-0.3, -0.25) is 0 Å². The number of aryl methyl sites for hydroxylation is 1. The molecule has 16 heavy (non-hydrogen) atoms. The SMILES string of the molecule is Cc1ccc(F)cc1CNC(C)(C)C(C)O. The van der Waals surface area contributed by atoms with Crippen LogP contribution in [0.25, 0.3) is 0 Å². The summed E-state index contributed by atoms with van der Waals surface area (Å²) in [7, 11) is 0. The van der Waals surface area contributed by atoms with Gasteiger partial charge in [-0.15, -0.1) is 0 Å². The molecule has 2 nitrogen and oxygen atoms in total. The number of hydrogen-bond acceptors (Lipinski definition) is 2. The van der Waals surface area contributed by atoms with Gasteiger partial charge >= 0.3 is 0 Å². The highest BCUT2D eigenvalue weighted by molar-refractivity contribution is 5.26. The van der Waals surface area contributed by atoms with Crippen LogP contribution in [0.2, 0.25) is 0 Å². The minimum atomic E-state index is -0.457. The first kappa shape index (κ1) is 13.1. The number of nitrogens with one attached hydrogen (secondary N) is 1. The van der Waals surface area contributed by atoms with Gasteiger partial charge in [-0.1, -0.05) is 6.07 Å². The van der Waals surface area contributed by atoms with Crippen LogP contribution < -0.4 is 5.32 Å². The van der Waals surface area contributed by atoms with Gasteiger partial charge in [-0.2, -0.15) is 0 Å². The van der Waals surface area contributed by atoms with Crippen molar-refractivity contribution in [2.45, 2.75) is 45.9 Å². The molecule has 0 aliphatic heterocycles. The summed E-state index contributed by atoms with van der Waals surface area (Å²) in [5.74, 6) is -0.225. The second-order valence-electron chi connectivity index (χ2n) is 4.82. The van der Waals surface area contributed by atoms with Crippen molar-refractivity contribution in [1.29, 1.82) is 0 Å². The summed E-state index contributed by atoms with van der Waals surface area (Å²) in [6.07, 6.45) is -0.457. The highest BCUT2D eigenvalue weighted by Gasteiger charge is 2.23. The average molecular weight is 225 g/mol. The van der Waals surface area contributed by atoms with Gasteiger partial charge in [0.2, 0.25) is 0 Å². The van der Waals surface area contributed by atoms with Crippen LogP contribution in [-0.2, 0) is 6.54 Å². The van der Waals surface area contributed by atoms with E-state index in [0.717, 1.165) is 11.1 Å². The van der Waals surface area contributed by atoms with Crippen LogP contribution in [0.5, 0.6) is 0 Å². The van der Waals surface area contributed by atoms with E-state index >= 15 is 0 Å². The molecule has 0 saturated carbocycles. The second-order valence-corrected chi connectivity index (χ2v) is 4.82. The van der Waals surface area contributed by atoms with E-state index in [9.17, 15) is 9.50 Å². The molecule has 0 saturated heterocycles. The molecule has 0 amide bonds. The summed E-state index contributed by atoms with van der Waals surface area (Å²) in [6.45, 7) is 8.09. The Hall–Kier alpha value is -0.930. The maximum atomic E-state index is 13.0. The molecule has 1 atom stereocenters. The number of halogens is 1. The monoisotopic (exact) mass is 225 g/mol. The van der Waals surface area contributed by atoms with Gasteiger partial charge in [-0.05, 0) is 51.0 Å². The normalized spacial score (nSPS) is 13.9. The van der Waals surface area contributed by atoms with E-state index in [1.54, 1.807) is 13.0 Å². The van der Waals surface area contributed by atoms with Crippen LogP contribution in [0.1, 0.15) is 31.9 Å². The number of aliphatic hydroxyl groups excluding tert-OH is 1. The van der Waals surface area contributed by atoms with Crippen molar-refractivity contribution >= 4 is 0 Å². The van der Waals surface area contributed by atoms with Crippen LogP contribution in [0, 0.1) is 12.7 Å². The summed E-state index contributed by atoms with van der Waals surface area (Å²) in [4.78, 5) is 0. The van der Waals surface area contributed by atoms with Crippen molar-refractivity contribution in [3.05, 3.63) is 35.1 Å². The Kier molecular flexibility index (Phi) is 4.05. The lowest BCUT2D eigenvalue weighted by atomic mass is 9.98. The Labute approximate surface area is 96.5 Å². The fourth-order valence-electron chi connectivity index (χ4n) is 1.30. The minimum absolute atomic E-state index is 0.225. The van der Waals surface area contributed by atoms with Crippen molar-refractivity contribution in [1.82, 2.24) is 5.32 Å². The first-order valence-corrected chi connectivity index (χ1v) is 5.51. The third-order valence-electron chi connectivity index (χ3n) is 3.09. The second kappa shape index (κ2) is 4.93. The number of aliphatic hydroxyl groups is 1. The van der Waals surface area contributed by atoms with Gasteiger partial charge in [0.25, 0.3) is 0 Å². The molecule has 1 unspecified atom stereocenters. The lowest BCUT2D eigenvalue weighted by molar-refractivity contribution is 0.0956. The predicted molar refractivity (Wildman–Crippen MR) is 63.7 cm³/mol. The average Bonchev–Trinajstić information content (AvgIpc) is 2.19. The van der Waals surface area contributed by atoms with Crippen LogP contribution in [0.15, 0.2) is 18.2 Å².